The van der Waals surface area contributed by atoms with Gasteiger partial charge in [-0.05, 0) is 30.0 Å². The molecule has 9 nitrogen and oxygen atoms in total. The molecule has 1 saturated carbocycles. The zero-order chi connectivity index (χ0) is 20.9. The standard InChI is InChI=1S/C20H25N5O4S/c1-27-14-9-13-16(10-15(14)28-2)30-18(19(26)21-20-22-24-25-23-20)17(13)29-11-12-7-5-3-4-6-8-12/h9-10,12H,3-8,11H2,1-2H3,(H2,21,22,23,24,25,26). The second-order valence-electron chi connectivity index (χ2n) is 7.32. The number of nitrogens with one attached hydrogen (secondary N) is 2. The first kappa shape index (κ1) is 20.4. The quantitative estimate of drug-likeness (QED) is 0.543. The van der Waals surface area contributed by atoms with Crippen LogP contribution >= 0.6 is 11.3 Å². The molecule has 10 heteroatoms. The molecule has 0 unspecified atom stereocenters. The van der Waals surface area contributed by atoms with Crippen LogP contribution in [0.3, 0.4) is 0 Å². The van der Waals surface area contributed by atoms with Crippen molar-refractivity contribution in [3.8, 4) is 17.2 Å². The lowest BCUT2D eigenvalue weighted by molar-refractivity contribution is 0.102. The van der Waals surface area contributed by atoms with Crippen LogP contribution in [0, 0.1) is 5.92 Å². The highest BCUT2D eigenvalue weighted by Gasteiger charge is 2.24. The van der Waals surface area contributed by atoms with E-state index in [1.54, 1.807) is 14.2 Å². The summed E-state index contributed by atoms with van der Waals surface area (Å²) in [6.45, 7) is 0.586. The smallest absolute Gasteiger partial charge is 0.272 e. The van der Waals surface area contributed by atoms with Crippen molar-refractivity contribution in [1.29, 1.82) is 0 Å². The van der Waals surface area contributed by atoms with Gasteiger partial charge < -0.3 is 14.2 Å². The summed E-state index contributed by atoms with van der Waals surface area (Å²) in [5.74, 6) is 2.02. The van der Waals surface area contributed by atoms with Gasteiger partial charge in [-0.25, -0.2) is 0 Å². The molecule has 1 aliphatic carbocycles. The number of fused-ring (bicyclic) bond motifs is 1. The van der Waals surface area contributed by atoms with Crippen molar-refractivity contribution < 1.29 is 19.0 Å². The van der Waals surface area contributed by atoms with E-state index >= 15 is 0 Å². The third-order valence-electron chi connectivity index (χ3n) is 5.36. The summed E-state index contributed by atoms with van der Waals surface area (Å²) >= 11 is 1.33. The highest BCUT2D eigenvalue weighted by molar-refractivity contribution is 7.21. The Morgan fingerprint density at radius 3 is 2.57 bits per heavy atom. The van der Waals surface area contributed by atoms with E-state index in [0.717, 1.165) is 22.9 Å². The fourth-order valence-corrected chi connectivity index (χ4v) is 4.85. The summed E-state index contributed by atoms with van der Waals surface area (Å²) in [6.07, 6.45) is 7.34. The number of amides is 1. The molecular formula is C20H25N5O4S. The highest BCUT2D eigenvalue weighted by Crippen LogP contribution is 2.44. The lowest BCUT2D eigenvalue weighted by Crippen LogP contribution is -2.15. The topological polar surface area (TPSA) is 111 Å². The molecule has 0 spiro atoms. The summed E-state index contributed by atoms with van der Waals surface area (Å²) < 4.78 is 18.0. The van der Waals surface area contributed by atoms with Crippen molar-refractivity contribution in [1.82, 2.24) is 20.6 Å². The Morgan fingerprint density at radius 1 is 1.17 bits per heavy atom. The number of rotatable bonds is 7. The molecule has 3 aromatic rings. The number of anilines is 1. The molecule has 0 bridgehead atoms. The third-order valence-corrected chi connectivity index (χ3v) is 6.50. The SMILES string of the molecule is COc1cc2sc(C(=O)Nc3nn[nH]n3)c(OCC3CCCCCC3)c2cc1OC. The molecule has 0 aliphatic heterocycles. The Balaban J connectivity index is 1.68. The Morgan fingerprint density at radius 2 is 1.90 bits per heavy atom. The van der Waals surface area contributed by atoms with Gasteiger partial charge >= 0.3 is 0 Å². The van der Waals surface area contributed by atoms with Crippen molar-refractivity contribution in [2.45, 2.75) is 38.5 Å². The largest absolute Gasteiger partial charge is 0.493 e. The molecule has 2 N–H and O–H groups in total. The first-order valence-corrected chi connectivity index (χ1v) is 10.9. The molecule has 0 radical (unpaired) electrons. The number of H-pyrrole nitrogens is 1. The molecule has 160 valence electrons. The number of hydrogen-bond donors (Lipinski definition) is 2. The third kappa shape index (κ3) is 4.33. The van der Waals surface area contributed by atoms with Gasteiger partial charge in [0.15, 0.2) is 17.2 Å². The second-order valence-corrected chi connectivity index (χ2v) is 8.37. The van der Waals surface area contributed by atoms with Crippen molar-refractivity contribution in [2.24, 2.45) is 5.92 Å². The number of methoxy groups -OCH3 is 2. The summed E-state index contributed by atoms with van der Waals surface area (Å²) in [4.78, 5) is 13.4. The predicted molar refractivity (Wildman–Crippen MR) is 114 cm³/mol. The number of carbonyl (C=O) groups excluding carboxylic acids is 1. The van der Waals surface area contributed by atoms with Gasteiger partial charge in [0.25, 0.3) is 11.9 Å². The van der Waals surface area contributed by atoms with Gasteiger partial charge in [0.05, 0.1) is 20.8 Å². The van der Waals surface area contributed by atoms with E-state index in [1.165, 1.54) is 37.0 Å². The predicted octanol–water partition coefficient (Wildman–Crippen LogP) is 4.03. The molecule has 2 aromatic heterocycles. The molecule has 2 heterocycles. The van der Waals surface area contributed by atoms with Crippen molar-refractivity contribution in [2.75, 3.05) is 26.1 Å². The Bertz CT molecular complexity index is 996. The number of nitrogens with zero attached hydrogens (tertiary/aromatic N) is 3. The van der Waals surface area contributed by atoms with Crippen LogP contribution in [-0.2, 0) is 0 Å². The zero-order valence-corrected chi connectivity index (χ0v) is 17.9. The monoisotopic (exact) mass is 431 g/mol. The molecular weight excluding hydrogens is 406 g/mol. The fraction of sp³-hybridized carbons (Fsp3) is 0.500. The summed E-state index contributed by atoms with van der Waals surface area (Å²) in [7, 11) is 3.18. The number of ether oxygens (including phenoxy) is 3. The molecule has 1 aromatic carbocycles. The van der Waals surface area contributed by atoms with Crippen LogP contribution in [0.5, 0.6) is 17.2 Å². The van der Waals surface area contributed by atoms with E-state index in [1.807, 2.05) is 12.1 Å². The minimum atomic E-state index is -0.341. The van der Waals surface area contributed by atoms with Gasteiger partial charge in [-0.15, -0.1) is 16.4 Å². The van der Waals surface area contributed by atoms with Gasteiger partial charge in [0, 0.05) is 16.2 Å². The summed E-state index contributed by atoms with van der Waals surface area (Å²) in [6, 6.07) is 3.72. The molecule has 1 fully saturated rings. The van der Waals surface area contributed by atoms with E-state index in [-0.39, 0.29) is 11.9 Å². The van der Waals surface area contributed by atoms with E-state index in [9.17, 15) is 4.79 Å². The van der Waals surface area contributed by atoms with E-state index in [0.29, 0.717) is 34.7 Å². The summed E-state index contributed by atoms with van der Waals surface area (Å²) in [5, 5.41) is 16.9. The first-order chi connectivity index (χ1) is 14.7. The molecule has 30 heavy (non-hydrogen) atoms. The van der Waals surface area contributed by atoms with Gasteiger partial charge in [0.1, 0.15) is 4.88 Å². The maximum absolute atomic E-state index is 13.0. The minimum absolute atomic E-state index is 0.113. The lowest BCUT2D eigenvalue weighted by Gasteiger charge is -2.16. The van der Waals surface area contributed by atoms with Crippen molar-refractivity contribution >= 4 is 33.3 Å². The number of hydrogen-bond acceptors (Lipinski definition) is 8. The van der Waals surface area contributed by atoms with E-state index in [4.69, 9.17) is 14.2 Å². The van der Waals surface area contributed by atoms with Crippen LogP contribution in [-0.4, -0.2) is 47.4 Å². The number of carbonyl (C=O) groups is 1. The molecule has 4 rings (SSSR count). The Kier molecular flexibility index (Phi) is 6.32. The van der Waals surface area contributed by atoms with Crippen molar-refractivity contribution in [3.63, 3.8) is 0 Å². The van der Waals surface area contributed by atoms with Crippen molar-refractivity contribution in [3.05, 3.63) is 17.0 Å². The normalized spacial score (nSPS) is 15.0. The number of thiophene rings is 1. The summed E-state index contributed by atoms with van der Waals surface area (Å²) in [5.41, 5.74) is 0. The van der Waals surface area contributed by atoms with E-state index in [2.05, 4.69) is 25.9 Å². The maximum atomic E-state index is 13.0. The molecule has 1 amide bonds. The molecule has 1 aliphatic rings. The number of aromatic nitrogens is 4. The maximum Gasteiger partial charge on any atom is 0.272 e. The van der Waals surface area contributed by atoms with Gasteiger partial charge in [-0.2, -0.15) is 5.21 Å². The van der Waals surface area contributed by atoms with Crippen LogP contribution in [0.1, 0.15) is 48.2 Å². The number of tetrazole rings is 1. The van der Waals surface area contributed by atoms with Crippen LogP contribution < -0.4 is 19.5 Å². The zero-order valence-electron chi connectivity index (χ0n) is 17.1. The van der Waals surface area contributed by atoms with Gasteiger partial charge in [-0.1, -0.05) is 30.8 Å². The van der Waals surface area contributed by atoms with Crippen LogP contribution in [0.15, 0.2) is 12.1 Å². The molecule has 0 saturated heterocycles. The second kappa shape index (κ2) is 9.29. The average Bonchev–Trinajstić information content (AvgIpc) is 3.31. The van der Waals surface area contributed by atoms with Crippen LogP contribution in [0.25, 0.3) is 10.1 Å². The molecule has 0 atom stereocenters. The first-order valence-electron chi connectivity index (χ1n) is 10.1. The Hall–Kier alpha value is -2.88. The Labute approximate surface area is 178 Å². The van der Waals surface area contributed by atoms with E-state index < -0.39 is 0 Å². The minimum Gasteiger partial charge on any atom is -0.493 e. The van der Waals surface area contributed by atoms with Gasteiger partial charge in [-0.3, -0.25) is 10.1 Å². The van der Waals surface area contributed by atoms with Gasteiger partial charge in [0.2, 0.25) is 0 Å². The van der Waals surface area contributed by atoms with Crippen LogP contribution in [0.4, 0.5) is 5.95 Å². The van der Waals surface area contributed by atoms with Crippen LogP contribution in [0.2, 0.25) is 0 Å². The number of aromatic amines is 1. The lowest BCUT2D eigenvalue weighted by atomic mass is 10.0. The fourth-order valence-electron chi connectivity index (χ4n) is 3.80. The highest BCUT2D eigenvalue weighted by atomic mass is 32.1. The number of benzene rings is 1. The average molecular weight is 432 g/mol.